The van der Waals surface area contributed by atoms with Gasteiger partial charge in [-0.05, 0) is 36.4 Å². The lowest BCUT2D eigenvalue weighted by atomic mass is 10.2. The van der Waals surface area contributed by atoms with Crippen molar-refractivity contribution in [2.75, 3.05) is 32.1 Å². The summed E-state index contributed by atoms with van der Waals surface area (Å²) in [7, 11) is -1.11. The van der Waals surface area contributed by atoms with Crippen LogP contribution in [0.1, 0.15) is 5.56 Å². The van der Waals surface area contributed by atoms with E-state index >= 15 is 0 Å². The Morgan fingerprint density at radius 3 is 2.04 bits per heavy atom. The van der Waals surface area contributed by atoms with Crippen LogP contribution in [0.25, 0.3) is 0 Å². The number of benzene rings is 2. The number of likely N-dealkylation sites (N-methyl/N-ethyl adjacent to an activating group) is 1. The maximum Gasteiger partial charge on any atom is 0.284 e. The maximum atomic E-state index is 8.49. The van der Waals surface area contributed by atoms with Gasteiger partial charge in [-0.15, -0.1) is 10.2 Å². The van der Waals surface area contributed by atoms with Crippen LogP contribution in [-0.4, -0.2) is 37.7 Å². The fourth-order valence-corrected chi connectivity index (χ4v) is 2.64. The predicted molar refractivity (Wildman–Crippen MR) is 81.9 cm³/mol. The van der Waals surface area contributed by atoms with Gasteiger partial charge in [-0.3, -0.25) is 4.58 Å². The highest BCUT2D eigenvalue weighted by Gasteiger charge is 2.31. The highest BCUT2D eigenvalue weighted by atomic mass is 35.7. The average molecular weight is 367 g/mol. The molecule has 0 amide bonds. The van der Waals surface area contributed by atoms with E-state index in [1.165, 1.54) is 17.1 Å². The van der Waals surface area contributed by atoms with E-state index in [1.54, 1.807) is 7.11 Å². The van der Waals surface area contributed by atoms with Gasteiger partial charge >= 0.3 is 0 Å². The molecule has 0 aromatic heterocycles. The molecular formula is C17H19ClN2O5. The molecule has 0 bridgehead atoms. The van der Waals surface area contributed by atoms with Crippen molar-refractivity contribution in [1.82, 2.24) is 0 Å². The minimum Gasteiger partial charge on any atom is -0.497 e. The molecule has 0 saturated carbocycles. The number of ether oxygens (including phenoxy) is 1. The highest BCUT2D eigenvalue weighted by Crippen LogP contribution is 2.23. The van der Waals surface area contributed by atoms with Crippen molar-refractivity contribution < 1.29 is 38.2 Å². The number of hydrogen-bond donors (Lipinski definition) is 0. The number of amidine groups is 1. The molecule has 0 saturated heterocycles. The number of rotatable bonds is 3. The summed E-state index contributed by atoms with van der Waals surface area (Å²) in [5.74, 6) is 2.15. The molecule has 8 heteroatoms. The van der Waals surface area contributed by atoms with Gasteiger partial charge in [0.1, 0.15) is 24.5 Å². The van der Waals surface area contributed by atoms with Crippen LogP contribution in [0.4, 0.5) is 5.69 Å². The van der Waals surface area contributed by atoms with Gasteiger partial charge in [0.05, 0.1) is 19.7 Å². The van der Waals surface area contributed by atoms with Crippen LogP contribution in [0.2, 0.25) is 0 Å². The molecule has 0 atom stereocenters. The SMILES string of the molecule is COc1ccc(N2CC[N+](C)=C2c2ccccc2)cc1.[O-][Cl+3]([O-])([O-])[O-]. The van der Waals surface area contributed by atoms with Crippen molar-refractivity contribution >= 4 is 11.5 Å². The van der Waals surface area contributed by atoms with Gasteiger partial charge in [0.2, 0.25) is 0 Å². The number of methoxy groups -OCH3 is 1. The zero-order valence-electron chi connectivity index (χ0n) is 13.9. The summed E-state index contributed by atoms with van der Waals surface area (Å²) < 4.78 is 41.5. The van der Waals surface area contributed by atoms with Gasteiger partial charge in [0.25, 0.3) is 5.84 Å². The smallest absolute Gasteiger partial charge is 0.284 e. The summed E-state index contributed by atoms with van der Waals surface area (Å²) >= 11 is 0. The molecule has 1 heterocycles. The Bertz CT molecular complexity index is 708. The molecule has 0 spiro atoms. The third-order valence-corrected chi connectivity index (χ3v) is 3.69. The van der Waals surface area contributed by atoms with Crippen molar-refractivity contribution in [3.63, 3.8) is 0 Å². The van der Waals surface area contributed by atoms with Gasteiger partial charge in [0, 0.05) is 0 Å². The van der Waals surface area contributed by atoms with Gasteiger partial charge in [-0.2, -0.15) is 0 Å². The first kappa shape index (κ1) is 19.2. The van der Waals surface area contributed by atoms with E-state index in [-0.39, 0.29) is 0 Å². The van der Waals surface area contributed by atoms with E-state index in [1.807, 2.05) is 12.1 Å². The lowest BCUT2D eigenvalue weighted by Gasteiger charge is -2.17. The minimum absolute atomic E-state index is 0.891. The molecule has 0 unspecified atom stereocenters. The zero-order chi connectivity index (χ0) is 18.4. The average Bonchev–Trinajstić information content (AvgIpc) is 2.96. The summed E-state index contributed by atoms with van der Waals surface area (Å²) in [5.41, 5.74) is 2.46. The van der Waals surface area contributed by atoms with Gasteiger partial charge in [-0.25, -0.2) is 23.5 Å². The maximum absolute atomic E-state index is 8.49. The molecule has 0 N–H and O–H groups in total. The van der Waals surface area contributed by atoms with E-state index in [2.05, 4.69) is 59.0 Å². The van der Waals surface area contributed by atoms with Crippen molar-refractivity contribution in [3.05, 3.63) is 60.2 Å². The highest BCUT2D eigenvalue weighted by molar-refractivity contribution is 6.07. The lowest BCUT2D eigenvalue weighted by Crippen LogP contribution is -2.68. The third-order valence-electron chi connectivity index (χ3n) is 3.69. The third kappa shape index (κ3) is 5.70. The van der Waals surface area contributed by atoms with E-state index in [9.17, 15) is 0 Å². The molecule has 134 valence electrons. The Morgan fingerprint density at radius 2 is 1.52 bits per heavy atom. The second kappa shape index (κ2) is 8.28. The first-order valence-electron chi connectivity index (χ1n) is 7.46. The standard InChI is InChI=1S/C17H19N2O.ClHO4/c1-18-12-13-19(15-8-10-16(20-2)11-9-15)17(18)14-6-4-3-5-7-14;2-1(3,4)5/h3-11H,12-13H2,1-2H3;(H,2,3,4,5)/q+1;/p-1. The Kier molecular flexibility index (Phi) is 6.35. The molecule has 1 aliphatic rings. The minimum atomic E-state index is -4.94. The fraction of sp³-hybridized carbons (Fsp3) is 0.235. The number of halogens is 1. The summed E-state index contributed by atoms with van der Waals surface area (Å²) in [5, 5.41) is 0. The quantitative estimate of drug-likeness (QED) is 0.573. The summed E-state index contributed by atoms with van der Waals surface area (Å²) in [6, 6.07) is 18.8. The molecule has 0 aliphatic carbocycles. The Balaban J connectivity index is 0.000000399. The van der Waals surface area contributed by atoms with Crippen LogP contribution in [0.15, 0.2) is 54.6 Å². The molecule has 3 rings (SSSR count). The zero-order valence-corrected chi connectivity index (χ0v) is 14.7. The molecule has 2 aromatic rings. The normalized spacial score (nSPS) is 14.2. The molecule has 0 radical (unpaired) electrons. The number of nitrogens with zero attached hydrogens (tertiary/aromatic N) is 2. The van der Waals surface area contributed by atoms with Crippen LogP contribution in [-0.2, 0) is 0 Å². The second-order valence-electron chi connectivity index (χ2n) is 5.34. The predicted octanol–water partition coefficient (Wildman–Crippen LogP) is -2.15. The monoisotopic (exact) mass is 366 g/mol. The molecule has 2 aromatic carbocycles. The molecular weight excluding hydrogens is 348 g/mol. The summed E-state index contributed by atoms with van der Waals surface area (Å²) in [6.07, 6.45) is 0. The Labute approximate surface area is 148 Å². The molecule has 25 heavy (non-hydrogen) atoms. The summed E-state index contributed by atoms with van der Waals surface area (Å²) in [6.45, 7) is 2.04. The molecule has 0 fully saturated rings. The molecule has 1 aliphatic heterocycles. The van der Waals surface area contributed by atoms with Gasteiger partial charge in [0.15, 0.2) is 0 Å². The lowest BCUT2D eigenvalue weighted by molar-refractivity contribution is -2.00. The van der Waals surface area contributed by atoms with Gasteiger partial charge in [-0.1, -0.05) is 18.2 Å². The van der Waals surface area contributed by atoms with Crippen LogP contribution >= 0.6 is 0 Å². The van der Waals surface area contributed by atoms with E-state index in [4.69, 9.17) is 23.4 Å². The van der Waals surface area contributed by atoms with Crippen LogP contribution in [0.3, 0.4) is 0 Å². The van der Waals surface area contributed by atoms with Crippen molar-refractivity contribution in [1.29, 1.82) is 0 Å². The van der Waals surface area contributed by atoms with Gasteiger partial charge < -0.3 is 4.74 Å². The Hall–Kier alpha value is -2.16. The van der Waals surface area contributed by atoms with Crippen molar-refractivity contribution in [2.24, 2.45) is 0 Å². The first-order valence-corrected chi connectivity index (χ1v) is 8.70. The van der Waals surface area contributed by atoms with Crippen LogP contribution in [0, 0.1) is 10.2 Å². The number of anilines is 1. The fourth-order valence-electron chi connectivity index (χ4n) is 2.64. The number of hydrogen-bond acceptors (Lipinski definition) is 6. The summed E-state index contributed by atoms with van der Waals surface area (Å²) in [4.78, 5) is 2.36. The van der Waals surface area contributed by atoms with Crippen molar-refractivity contribution in [3.8, 4) is 5.75 Å². The van der Waals surface area contributed by atoms with Crippen molar-refractivity contribution in [2.45, 2.75) is 0 Å². The van der Waals surface area contributed by atoms with E-state index in [0.717, 1.165) is 18.8 Å². The first-order chi connectivity index (χ1) is 11.8. The topological polar surface area (TPSA) is 108 Å². The van der Waals surface area contributed by atoms with E-state index < -0.39 is 10.2 Å². The van der Waals surface area contributed by atoms with Crippen LogP contribution in [0.5, 0.6) is 5.75 Å². The van der Waals surface area contributed by atoms with Crippen LogP contribution < -0.4 is 28.3 Å². The Morgan fingerprint density at radius 1 is 0.960 bits per heavy atom. The van der Waals surface area contributed by atoms with E-state index in [0.29, 0.717) is 0 Å². The molecule has 7 nitrogen and oxygen atoms in total. The largest absolute Gasteiger partial charge is 0.497 e. The second-order valence-corrected chi connectivity index (χ2v) is 6.09.